The molecule has 0 fully saturated rings. The lowest BCUT2D eigenvalue weighted by Crippen LogP contribution is -2.35. The van der Waals surface area contributed by atoms with Crippen molar-refractivity contribution in [1.29, 1.82) is 0 Å². The molecule has 2 nitrogen and oxygen atoms in total. The van der Waals surface area contributed by atoms with Crippen LogP contribution in [0.5, 0.6) is 5.75 Å². The van der Waals surface area contributed by atoms with Gasteiger partial charge in [-0.15, -0.1) is 0 Å². The van der Waals surface area contributed by atoms with Crippen LogP contribution in [0.2, 0.25) is 0 Å². The van der Waals surface area contributed by atoms with Crippen molar-refractivity contribution in [1.82, 2.24) is 0 Å². The van der Waals surface area contributed by atoms with Gasteiger partial charge in [0.25, 0.3) is 0 Å². The van der Waals surface area contributed by atoms with E-state index in [0.29, 0.717) is 12.2 Å². The third-order valence-electron chi connectivity index (χ3n) is 3.72. The zero-order chi connectivity index (χ0) is 13.1. The van der Waals surface area contributed by atoms with Gasteiger partial charge >= 0.3 is 0 Å². The van der Waals surface area contributed by atoms with Gasteiger partial charge in [0.1, 0.15) is 5.75 Å². The van der Waals surface area contributed by atoms with Crippen LogP contribution in [0, 0.1) is 0 Å². The first kappa shape index (κ1) is 14.0. The predicted octanol–water partition coefficient (Wildman–Crippen LogP) is 3.61. The van der Waals surface area contributed by atoms with E-state index in [0.717, 1.165) is 18.4 Å². The van der Waals surface area contributed by atoms with Gasteiger partial charge in [0.05, 0.1) is 5.60 Å². The molecule has 17 heavy (non-hydrogen) atoms. The number of hydrogen-bond acceptors (Lipinski definition) is 2. The summed E-state index contributed by atoms with van der Waals surface area (Å²) in [7, 11) is 0. The molecule has 1 aromatic rings. The van der Waals surface area contributed by atoms with Crippen molar-refractivity contribution in [3.05, 3.63) is 29.8 Å². The number of hydrogen-bond donors (Lipinski definition) is 2. The summed E-state index contributed by atoms with van der Waals surface area (Å²) < 4.78 is 0. The Balaban J connectivity index is 3.00. The predicted molar refractivity (Wildman–Crippen MR) is 71.3 cm³/mol. The smallest absolute Gasteiger partial charge is 0.119 e. The Morgan fingerprint density at radius 3 is 2.06 bits per heavy atom. The van der Waals surface area contributed by atoms with Gasteiger partial charge in [-0.3, -0.25) is 0 Å². The van der Waals surface area contributed by atoms with Crippen LogP contribution in [0.1, 0.15) is 52.5 Å². The van der Waals surface area contributed by atoms with Crippen molar-refractivity contribution in [2.75, 3.05) is 0 Å². The molecule has 0 radical (unpaired) electrons. The standard InChI is InChI=1S/C15H24O2/c1-5-15(17,6-2)11-14(3,4)12-9-7-8-10-13(12)16/h7-10,16-17H,5-6,11H2,1-4H3. The Morgan fingerprint density at radius 1 is 1.06 bits per heavy atom. The summed E-state index contributed by atoms with van der Waals surface area (Å²) in [6.07, 6.45) is 2.13. The van der Waals surface area contributed by atoms with Crippen molar-refractivity contribution >= 4 is 0 Å². The molecule has 96 valence electrons. The second-order valence-corrected chi connectivity index (χ2v) is 5.51. The third kappa shape index (κ3) is 3.22. The van der Waals surface area contributed by atoms with E-state index in [9.17, 15) is 10.2 Å². The van der Waals surface area contributed by atoms with Gasteiger partial charge in [0.2, 0.25) is 0 Å². The summed E-state index contributed by atoms with van der Waals surface area (Å²) in [6.45, 7) is 8.14. The van der Waals surface area contributed by atoms with Crippen LogP contribution in [-0.2, 0) is 5.41 Å². The number of rotatable bonds is 5. The number of aliphatic hydroxyl groups is 1. The van der Waals surface area contributed by atoms with Crippen molar-refractivity contribution in [3.8, 4) is 5.75 Å². The van der Waals surface area contributed by atoms with Gasteiger partial charge in [-0.25, -0.2) is 0 Å². The highest BCUT2D eigenvalue weighted by Crippen LogP contribution is 2.38. The van der Waals surface area contributed by atoms with Crippen molar-refractivity contribution in [2.24, 2.45) is 0 Å². The van der Waals surface area contributed by atoms with E-state index in [1.54, 1.807) is 6.07 Å². The fourth-order valence-electron chi connectivity index (χ4n) is 2.46. The minimum Gasteiger partial charge on any atom is -0.508 e. The summed E-state index contributed by atoms with van der Waals surface area (Å²) in [4.78, 5) is 0. The minimum absolute atomic E-state index is 0.230. The molecule has 2 N–H and O–H groups in total. The Labute approximate surface area is 104 Å². The number of aromatic hydroxyl groups is 1. The summed E-state index contributed by atoms with van der Waals surface area (Å²) in [5, 5.41) is 20.3. The van der Waals surface area contributed by atoms with Crippen LogP contribution >= 0.6 is 0 Å². The molecule has 0 bridgehead atoms. The third-order valence-corrected chi connectivity index (χ3v) is 3.72. The van der Waals surface area contributed by atoms with Gasteiger partial charge in [-0.2, -0.15) is 0 Å². The highest BCUT2D eigenvalue weighted by Gasteiger charge is 2.34. The molecule has 0 saturated heterocycles. The van der Waals surface area contributed by atoms with Gasteiger partial charge in [-0.1, -0.05) is 45.9 Å². The van der Waals surface area contributed by atoms with E-state index in [4.69, 9.17) is 0 Å². The molecule has 0 unspecified atom stereocenters. The molecule has 2 heteroatoms. The molecule has 0 amide bonds. The van der Waals surface area contributed by atoms with E-state index < -0.39 is 5.60 Å². The van der Waals surface area contributed by atoms with E-state index in [1.165, 1.54) is 0 Å². The van der Waals surface area contributed by atoms with Crippen LogP contribution in [0.4, 0.5) is 0 Å². The molecule has 0 heterocycles. The second-order valence-electron chi connectivity index (χ2n) is 5.51. The lowest BCUT2D eigenvalue weighted by molar-refractivity contribution is 0.00544. The molecule has 0 aromatic heterocycles. The van der Waals surface area contributed by atoms with Gasteiger partial charge in [0.15, 0.2) is 0 Å². The summed E-state index contributed by atoms with van der Waals surface area (Å²) in [5.74, 6) is 0.312. The number of phenols is 1. The zero-order valence-electron chi connectivity index (χ0n) is 11.3. The van der Waals surface area contributed by atoms with E-state index in [-0.39, 0.29) is 5.41 Å². The lowest BCUT2D eigenvalue weighted by Gasteiger charge is -2.36. The SMILES string of the molecule is CCC(O)(CC)CC(C)(C)c1ccccc1O. The normalized spacial score (nSPS) is 12.8. The Kier molecular flexibility index (Phi) is 4.21. The van der Waals surface area contributed by atoms with Gasteiger partial charge in [-0.05, 0) is 36.3 Å². The van der Waals surface area contributed by atoms with E-state index in [1.807, 2.05) is 32.0 Å². The van der Waals surface area contributed by atoms with Crippen LogP contribution in [0.15, 0.2) is 24.3 Å². The second kappa shape index (κ2) is 5.09. The van der Waals surface area contributed by atoms with Crippen molar-refractivity contribution in [2.45, 2.75) is 58.0 Å². The fourth-order valence-corrected chi connectivity index (χ4v) is 2.46. The summed E-state index contributed by atoms with van der Waals surface area (Å²) in [5.41, 5.74) is 0.0260. The van der Waals surface area contributed by atoms with Crippen molar-refractivity contribution in [3.63, 3.8) is 0 Å². The van der Waals surface area contributed by atoms with Crippen molar-refractivity contribution < 1.29 is 10.2 Å². The molecule has 0 aliphatic rings. The Bertz CT molecular complexity index is 365. The topological polar surface area (TPSA) is 40.5 Å². The highest BCUT2D eigenvalue weighted by molar-refractivity contribution is 5.37. The molecule has 0 aliphatic carbocycles. The molecule has 1 aromatic carbocycles. The number of phenolic OH excluding ortho intramolecular Hbond substituents is 1. The minimum atomic E-state index is -0.647. The van der Waals surface area contributed by atoms with Gasteiger partial charge < -0.3 is 10.2 Å². The molecular weight excluding hydrogens is 212 g/mol. The first-order chi connectivity index (χ1) is 7.84. The Morgan fingerprint density at radius 2 is 1.59 bits per heavy atom. The zero-order valence-corrected chi connectivity index (χ0v) is 11.3. The lowest BCUT2D eigenvalue weighted by atomic mass is 9.73. The molecular formula is C15H24O2. The van der Waals surface area contributed by atoms with Crippen LogP contribution in [0.3, 0.4) is 0 Å². The summed E-state index contributed by atoms with van der Waals surface area (Å²) >= 11 is 0. The number of benzene rings is 1. The van der Waals surface area contributed by atoms with Gasteiger partial charge in [0, 0.05) is 0 Å². The maximum absolute atomic E-state index is 10.4. The average molecular weight is 236 g/mol. The maximum Gasteiger partial charge on any atom is 0.119 e. The molecule has 1 rings (SSSR count). The quantitative estimate of drug-likeness (QED) is 0.820. The van der Waals surface area contributed by atoms with E-state index in [2.05, 4.69) is 13.8 Å². The first-order valence-electron chi connectivity index (χ1n) is 6.35. The molecule has 0 spiro atoms. The number of para-hydroxylation sites is 1. The molecule has 0 aliphatic heterocycles. The monoisotopic (exact) mass is 236 g/mol. The fraction of sp³-hybridized carbons (Fsp3) is 0.600. The van der Waals surface area contributed by atoms with Crippen LogP contribution in [0.25, 0.3) is 0 Å². The van der Waals surface area contributed by atoms with Crippen LogP contribution < -0.4 is 0 Å². The summed E-state index contributed by atoms with van der Waals surface area (Å²) in [6, 6.07) is 7.38. The maximum atomic E-state index is 10.4. The van der Waals surface area contributed by atoms with Crippen LogP contribution in [-0.4, -0.2) is 15.8 Å². The first-order valence-corrected chi connectivity index (χ1v) is 6.35. The molecule has 0 atom stereocenters. The van der Waals surface area contributed by atoms with E-state index >= 15 is 0 Å². The Hall–Kier alpha value is -1.02. The molecule has 0 saturated carbocycles. The average Bonchev–Trinajstić information content (AvgIpc) is 2.28. The highest BCUT2D eigenvalue weighted by atomic mass is 16.3. The largest absolute Gasteiger partial charge is 0.508 e.